The van der Waals surface area contributed by atoms with Crippen LogP contribution in [0.1, 0.15) is 17.2 Å². The zero-order valence-electron chi connectivity index (χ0n) is 18.9. The average Bonchev–Trinajstić information content (AvgIpc) is 3.26. The maximum absolute atomic E-state index is 12.2. The van der Waals surface area contributed by atoms with Crippen molar-refractivity contribution in [2.75, 3.05) is 5.32 Å². The number of aromatic amines is 1. The molecule has 0 saturated carbocycles. The van der Waals surface area contributed by atoms with Crippen molar-refractivity contribution in [3.8, 4) is 16.9 Å². The lowest BCUT2D eigenvalue weighted by Crippen LogP contribution is -2.21. The van der Waals surface area contributed by atoms with E-state index in [0.717, 1.165) is 16.7 Å². The molecule has 0 amide bonds. The summed E-state index contributed by atoms with van der Waals surface area (Å²) in [5.74, 6) is -1.25. The maximum atomic E-state index is 12.2. The molecule has 1 aromatic heterocycles. The minimum atomic E-state index is -1.11. The van der Waals surface area contributed by atoms with Crippen molar-refractivity contribution in [2.24, 2.45) is 0 Å². The van der Waals surface area contributed by atoms with Crippen LogP contribution in [0.2, 0.25) is 5.02 Å². The first-order valence-electron chi connectivity index (χ1n) is 11.2. The molecule has 1 heterocycles. The fourth-order valence-electron chi connectivity index (χ4n) is 3.98. The number of aromatic nitrogens is 1. The molecule has 0 saturated heterocycles. The molecule has 36 heavy (non-hydrogen) atoms. The van der Waals surface area contributed by atoms with E-state index < -0.39 is 17.8 Å². The van der Waals surface area contributed by atoms with Crippen molar-refractivity contribution in [3.63, 3.8) is 0 Å². The number of hydrogen-bond donors (Lipinski definition) is 3. The van der Waals surface area contributed by atoms with Crippen LogP contribution in [0.5, 0.6) is 5.75 Å². The summed E-state index contributed by atoms with van der Waals surface area (Å²) in [6, 6.07) is 26.4. The average molecular weight is 501 g/mol. The van der Waals surface area contributed by atoms with Gasteiger partial charge in [0.05, 0.1) is 5.52 Å². The number of oxazole rings is 1. The molecule has 5 aromatic rings. The lowest BCUT2D eigenvalue weighted by molar-refractivity contribution is -0.138. The SMILES string of the molecule is O=C(O)[C@H](Nc1ccc2oc(=O)[nH]c2c1)c1ccccc1OCc1cc(-c2ccccc2)ccc1Cl. The van der Waals surface area contributed by atoms with Crippen LogP contribution in [0.25, 0.3) is 22.2 Å². The van der Waals surface area contributed by atoms with Crippen molar-refractivity contribution in [1.82, 2.24) is 4.98 Å². The highest BCUT2D eigenvalue weighted by atomic mass is 35.5. The van der Waals surface area contributed by atoms with E-state index in [2.05, 4.69) is 10.3 Å². The third-order valence-corrected chi connectivity index (χ3v) is 6.11. The van der Waals surface area contributed by atoms with Crippen molar-refractivity contribution >= 4 is 34.4 Å². The fraction of sp³-hybridized carbons (Fsp3) is 0.0714. The molecule has 0 aliphatic rings. The Hall–Kier alpha value is -4.49. The Balaban J connectivity index is 1.40. The summed E-state index contributed by atoms with van der Waals surface area (Å²) in [7, 11) is 0. The van der Waals surface area contributed by atoms with Crippen molar-refractivity contribution in [1.29, 1.82) is 0 Å². The largest absolute Gasteiger partial charge is 0.488 e. The molecule has 1 atom stereocenters. The Morgan fingerprint density at radius 2 is 1.75 bits per heavy atom. The number of nitrogens with one attached hydrogen (secondary N) is 2. The number of fused-ring (bicyclic) bond motifs is 1. The van der Waals surface area contributed by atoms with Crippen molar-refractivity contribution < 1.29 is 19.1 Å². The van der Waals surface area contributed by atoms with Gasteiger partial charge in [-0.2, -0.15) is 0 Å². The molecular formula is C28H21ClN2O5. The van der Waals surface area contributed by atoms with E-state index in [0.29, 0.717) is 33.1 Å². The lowest BCUT2D eigenvalue weighted by atomic mass is 10.0. The molecule has 0 aliphatic carbocycles. The summed E-state index contributed by atoms with van der Waals surface area (Å²) in [5, 5.41) is 13.6. The summed E-state index contributed by atoms with van der Waals surface area (Å²) < 4.78 is 11.1. The van der Waals surface area contributed by atoms with Gasteiger partial charge < -0.3 is 19.6 Å². The number of anilines is 1. The molecule has 0 aliphatic heterocycles. The molecule has 0 unspecified atom stereocenters. The van der Waals surface area contributed by atoms with Crippen LogP contribution in [0.15, 0.2) is 100 Å². The van der Waals surface area contributed by atoms with Gasteiger partial charge in [0, 0.05) is 21.8 Å². The Kier molecular flexibility index (Phi) is 6.47. The zero-order chi connectivity index (χ0) is 25.1. The molecule has 0 bridgehead atoms. The molecule has 0 spiro atoms. The van der Waals surface area contributed by atoms with Gasteiger partial charge in [0.2, 0.25) is 0 Å². The van der Waals surface area contributed by atoms with Gasteiger partial charge in [0.25, 0.3) is 0 Å². The smallest absolute Gasteiger partial charge is 0.417 e. The first kappa shape index (κ1) is 23.3. The highest BCUT2D eigenvalue weighted by Crippen LogP contribution is 2.31. The number of aliphatic carboxylic acids is 1. The van der Waals surface area contributed by atoms with Gasteiger partial charge in [0.1, 0.15) is 12.4 Å². The summed E-state index contributed by atoms with van der Waals surface area (Å²) in [6.45, 7) is 0.158. The number of ether oxygens (including phenoxy) is 1. The van der Waals surface area contributed by atoms with Crippen LogP contribution in [0.3, 0.4) is 0 Å². The Morgan fingerprint density at radius 3 is 2.56 bits per heavy atom. The summed E-state index contributed by atoms with van der Waals surface area (Å²) >= 11 is 6.44. The molecular weight excluding hydrogens is 480 g/mol. The molecule has 4 aromatic carbocycles. The van der Waals surface area contributed by atoms with Gasteiger partial charge in [-0.25, -0.2) is 9.59 Å². The lowest BCUT2D eigenvalue weighted by Gasteiger charge is -2.20. The predicted octanol–water partition coefficient (Wildman–Crippen LogP) is 6.26. The number of rotatable bonds is 8. The number of benzene rings is 4. The minimum absolute atomic E-state index is 0.158. The maximum Gasteiger partial charge on any atom is 0.417 e. The van der Waals surface area contributed by atoms with E-state index in [9.17, 15) is 14.7 Å². The van der Waals surface area contributed by atoms with Crippen LogP contribution in [0, 0.1) is 0 Å². The van der Waals surface area contributed by atoms with Crippen molar-refractivity contribution in [3.05, 3.63) is 118 Å². The van der Waals surface area contributed by atoms with Crippen LogP contribution in [-0.4, -0.2) is 16.1 Å². The normalized spacial score (nSPS) is 11.8. The molecule has 7 nitrogen and oxygen atoms in total. The van der Waals surface area contributed by atoms with Crippen LogP contribution < -0.4 is 15.8 Å². The number of carbonyl (C=O) groups is 1. The molecule has 5 rings (SSSR count). The molecule has 3 N–H and O–H groups in total. The number of carboxylic acids is 1. The third-order valence-electron chi connectivity index (χ3n) is 5.74. The topological polar surface area (TPSA) is 105 Å². The van der Waals surface area contributed by atoms with Gasteiger partial charge >= 0.3 is 11.7 Å². The van der Waals surface area contributed by atoms with Crippen LogP contribution in [-0.2, 0) is 11.4 Å². The van der Waals surface area contributed by atoms with Gasteiger partial charge in [-0.1, -0.05) is 66.2 Å². The number of carboxylic acid groups (broad SMARTS) is 1. The second-order valence-electron chi connectivity index (χ2n) is 8.14. The molecule has 8 heteroatoms. The second kappa shape index (κ2) is 10.0. The molecule has 0 fully saturated rings. The van der Waals surface area contributed by atoms with E-state index in [1.54, 1.807) is 42.5 Å². The number of hydrogen-bond acceptors (Lipinski definition) is 5. The fourth-order valence-corrected chi connectivity index (χ4v) is 4.15. The number of H-pyrrole nitrogens is 1. The van der Waals surface area contributed by atoms with E-state index in [4.69, 9.17) is 20.8 Å². The monoisotopic (exact) mass is 500 g/mol. The first-order valence-corrected chi connectivity index (χ1v) is 11.5. The number of para-hydroxylation sites is 1. The van der Waals surface area contributed by atoms with E-state index in [1.807, 2.05) is 48.5 Å². The molecule has 180 valence electrons. The zero-order valence-corrected chi connectivity index (χ0v) is 19.7. The predicted molar refractivity (Wildman–Crippen MR) is 138 cm³/mol. The molecule has 0 radical (unpaired) electrons. The summed E-state index contributed by atoms with van der Waals surface area (Å²) in [5.41, 5.74) is 4.64. The van der Waals surface area contributed by atoms with E-state index >= 15 is 0 Å². The Labute approximate surface area is 210 Å². The summed E-state index contributed by atoms with van der Waals surface area (Å²) in [6.07, 6.45) is 0. The van der Waals surface area contributed by atoms with Gasteiger partial charge in [-0.3, -0.25) is 4.98 Å². The van der Waals surface area contributed by atoms with Gasteiger partial charge in [-0.15, -0.1) is 0 Å². The highest BCUT2D eigenvalue weighted by molar-refractivity contribution is 6.31. The van der Waals surface area contributed by atoms with E-state index in [-0.39, 0.29) is 6.61 Å². The van der Waals surface area contributed by atoms with E-state index in [1.165, 1.54) is 0 Å². The van der Waals surface area contributed by atoms with Crippen LogP contribution >= 0.6 is 11.6 Å². The Bertz CT molecular complexity index is 1590. The van der Waals surface area contributed by atoms with Gasteiger partial charge in [0.15, 0.2) is 11.6 Å². The highest BCUT2D eigenvalue weighted by Gasteiger charge is 2.24. The minimum Gasteiger partial charge on any atom is -0.488 e. The Morgan fingerprint density at radius 1 is 0.972 bits per heavy atom. The quantitative estimate of drug-likeness (QED) is 0.232. The van der Waals surface area contributed by atoms with Crippen molar-refractivity contribution in [2.45, 2.75) is 12.6 Å². The standard InChI is InChI=1S/C28H21ClN2O5/c29-22-12-10-18(17-6-2-1-3-7-17)14-19(22)16-35-24-9-5-4-8-21(24)26(27(32)33)30-20-11-13-25-23(15-20)31-28(34)36-25/h1-15,26,30H,16H2,(H,31,34)(H,32,33)/t26-/m1/s1. The number of halogens is 1. The third kappa shape index (κ3) is 4.96. The van der Waals surface area contributed by atoms with Crippen LogP contribution in [0.4, 0.5) is 5.69 Å². The summed E-state index contributed by atoms with van der Waals surface area (Å²) in [4.78, 5) is 26.3. The first-order chi connectivity index (χ1) is 17.5. The van der Waals surface area contributed by atoms with Gasteiger partial charge in [-0.05, 0) is 47.5 Å². The second-order valence-corrected chi connectivity index (χ2v) is 8.55.